The Hall–Kier alpha value is -2.44. The third-order valence-corrected chi connectivity index (χ3v) is 3.39. The van der Waals surface area contributed by atoms with E-state index in [1.165, 1.54) is 0 Å². The Bertz CT molecular complexity index is 832. The quantitative estimate of drug-likeness (QED) is 0.319. The molecule has 20 heavy (non-hydrogen) atoms. The number of hydrogen-bond donors (Lipinski definition) is 2. The monoisotopic (exact) mass is 267 g/mol. The number of nitro groups is 1. The molecule has 3 rings (SSSR count). The molecule has 0 unspecified atom stereocenters. The second-order valence-electron chi connectivity index (χ2n) is 4.48. The first-order valence-corrected chi connectivity index (χ1v) is 6.05. The molecule has 3 aromatic carbocycles. The number of nitro benzene ring substituents is 1. The van der Waals surface area contributed by atoms with Crippen molar-refractivity contribution in [3.8, 4) is 0 Å². The lowest BCUT2D eigenvalue weighted by Gasteiger charge is -2.11. The molecule has 5 nitrogen and oxygen atoms in total. The summed E-state index contributed by atoms with van der Waals surface area (Å²) in [5.74, 6) is 0. The molecule has 0 aliphatic carbocycles. The summed E-state index contributed by atoms with van der Waals surface area (Å²) in [6.45, 7) is 0. The Morgan fingerprint density at radius 1 is 0.850 bits per heavy atom. The van der Waals surface area contributed by atoms with Crippen molar-refractivity contribution < 1.29 is 15.0 Å². The van der Waals surface area contributed by atoms with E-state index in [1.54, 1.807) is 36.4 Å². The van der Waals surface area contributed by atoms with Gasteiger partial charge in [-0.15, -0.1) is 0 Å². The van der Waals surface area contributed by atoms with Crippen molar-refractivity contribution in [1.29, 1.82) is 0 Å². The van der Waals surface area contributed by atoms with E-state index in [0.717, 1.165) is 10.8 Å². The second-order valence-corrected chi connectivity index (χ2v) is 4.48. The van der Waals surface area contributed by atoms with Gasteiger partial charge in [0, 0.05) is 0 Å². The van der Waals surface area contributed by atoms with Gasteiger partial charge < -0.3 is 10.0 Å². The van der Waals surface area contributed by atoms with E-state index in [0.29, 0.717) is 10.8 Å². The van der Waals surface area contributed by atoms with Gasteiger partial charge in [-0.05, 0) is 22.2 Å². The van der Waals surface area contributed by atoms with Gasteiger partial charge in [0.05, 0.1) is 15.8 Å². The number of rotatable bonds is 2. The van der Waals surface area contributed by atoms with Gasteiger partial charge in [0.2, 0.25) is 0 Å². The Morgan fingerprint density at radius 3 is 1.80 bits per heavy atom. The molecular formula is C14H10BNO4. The summed E-state index contributed by atoms with van der Waals surface area (Å²) in [7, 11) is -1.90. The third-order valence-electron chi connectivity index (χ3n) is 3.39. The highest BCUT2D eigenvalue weighted by Gasteiger charge is 2.29. The third kappa shape index (κ3) is 1.74. The van der Waals surface area contributed by atoms with Crippen LogP contribution in [-0.4, -0.2) is 22.1 Å². The molecule has 3 aromatic rings. The van der Waals surface area contributed by atoms with Crippen LogP contribution in [0.2, 0.25) is 0 Å². The van der Waals surface area contributed by atoms with Crippen LogP contribution >= 0.6 is 0 Å². The van der Waals surface area contributed by atoms with Crippen LogP contribution in [0.5, 0.6) is 0 Å². The van der Waals surface area contributed by atoms with Gasteiger partial charge in [-0.1, -0.05) is 42.5 Å². The highest BCUT2D eigenvalue weighted by Crippen LogP contribution is 2.31. The molecule has 2 N–H and O–H groups in total. The zero-order valence-electron chi connectivity index (χ0n) is 10.4. The lowest BCUT2D eigenvalue weighted by Crippen LogP contribution is -2.33. The molecule has 0 atom stereocenters. The fourth-order valence-corrected chi connectivity index (χ4v) is 2.61. The van der Waals surface area contributed by atoms with Crippen LogP contribution in [-0.2, 0) is 0 Å². The second kappa shape index (κ2) is 4.59. The van der Waals surface area contributed by atoms with Gasteiger partial charge in [0.15, 0.2) is 0 Å². The molecule has 0 saturated carbocycles. The minimum absolute atomic E-state index is 0.0655. The lowest BCUT2D eigenvalue weighted by molar-refractivity contribution is -0.381. The Labute approximate surface area is 114 Å². The molecule has 6 heteroatoms. The van der Waals surface area contributed by atoms with Crippen LogP contribution in [0.3, 0.4) is 0 Å². The van der Waals surface area contributed by atoms with Crippen molar-refractivity contribution in [3.63, 3.8) is 0 Å². The maximum absolute atomic E-state index is 11.4. The van der Waals surface area contributed by atoms with Crippen molar-refractivity contribution in [2.75, 3.05) is 0 Å². The van der Waals surface area contributed by atoms with Crippen LogP contribution in [0.1, 0.15) is 0 Å². The van der Waals surface area contributed by atoms with E-state index in [9.17, 15) is 20.2 Å². The summed E-state index contributed by atoms with van der Waals surface area (Å²) in [5, 5.41) is 32.9. The van der Waals surface area contributed by atoms with Gasteiger partial charge in [-0.25, -0.2) is 0 Å². The van der Waals surface area contributed by atoms with Crippen LogP contribution in [0.4, 0.5) is 5.69 Å². The van der Waals surface area contributed by atoms with Gasteiger partial charge >= 0.3 is 7.12 Å². The summed E-state index contributed by atoms with van der Waals surface area (Å²) in [5.41, 5.74) is -0.321. The maximum Gasteiger partial charge on any atom is 0.496 e. The Kier molecular flexibility index (Phi) is 2.89. The molecular weight excluding hydrogens is 257 g/mol. The van der Waals surface area contributed by atoms with Crippen molar-refractivity contribution in [3.05, 3.63) is 58.6 Å². The number of hydrogen-bond acceptors (Lipinski definition) is 4. The normalized spacial score (nSPS) is 10.9. The van der Waals surface area contributed by atoms with E-state index in [4.69, 9.17) is 0 Å². The van der Waals surface area contributed by atoms with E-state index < -0.39 is 12.0 Å². The fraction of sp³-hybridized carbons (Fsp3) is 0. The summed E-state index contributed by atoms with van der Waals surface area (Å²) >= 11 is 0. The minimum atomic E-state index is -1.90. The average Bonchev–Trinajstić information content (AvgIpc) is 2.45. The first-order chi connectivity index (χ1) is 9.61. The highest BCUT2D eigenvalue weighted by molar-refractivity contribution is 6.64. The standard InChI is InChI=1S/C14H10BNO4/c17-15(18)13-11-7-3-1-5-9(11)10-6-2-4-8-12(10)14(13)16(19)20/h1-8,17-18H. The predicted molar refractivity (Wildman–Crippen MR) is 77.9 cm³/mol. The van der Waals surface area contributed by atoms with E-state index in [1.807, 2.05) is 12.1 Å². The number of benzene rings is 3. The molecule has 0 amide bonds. The van der Waals surface area contributed by atoms with Crippen molar-refractivity contribution in [2.45, 2.75) is 0 Å². The summed E-state index contributed by atoms with van der Waals surface area (Å²) in [4.78, 5) is 10.8. The van der Waals surface area contributed by atoms with Crippen molar-refractivity contribution >= 4 is 39.8 Å². The predicted octanol–water partition coefficient (Wildman–Crippen LogP) is 1.58. The SMILES string of the molecule is O=[N+]([O-])c1c(B(O)O)c2ccccc2c2ccccc12. The molecule has 0 spiro atoms. The lowest BCUT2D eigenvalue weighted by atomic mass is 9.74. The summed E-state index contributed by atoms with van der Waals surface area (Å²) in [6, 6.07) is 13.9. The topological polar surface area (TPSA) is 83.6 Å². The average molecular weight is 267 g/mol. The van der Waals surface area contributed by atoms with Crippen molar-refractivity contribution in [1.82, 2.24) is 0 Å². The Balaban J connectivity index is 2.66. The molecule has 98 valence electrons. The zero-order chi connectivity index (χ0) is 14.3. The van der Waals surface area contributed by atoms with E-state index in [2.05, 4.69) is 0 Å². The van der Waals surface area contributed by atoms with Crippen LogP contribution in [0.15, 0.2) is 48.5 Å². The van der Waals surface area contributed by atoms with Crippen molar-refractivity contribution in [2.24, 2.45) is 0 Å². The largest absolute Gasteiger partial charge is 0.496 e. The highest BCUT2D eigenvalue weighted by atomic mass is 16.6. The first kappa shape index (κ1) is 12.6. The van der Waals surface area contributed by atoms with Gasteiger partial charge in [0.25, 0.3) is 5.69 Å². The first-order valence-electron chi connectivity index (χ1n) is 6.05. The fourth-order valence-electron chi connectivity index (χ4n) is 2.61. The van der Waals surface area contributed by atoms with Crippen LogP contribution in [0.25, 0.3) is 21.5 Å². The molecule has 0 bridgehead atoms. The molecule has 0 aromatic heterocycles. The minimum Gasteiger partial charge on any atom is -0.423 e. The van der Waals surface area contributed by atoms with Crippen LogP contribution < -0.4 is 5.46 Å². The molecule has 0 aliphatic rings. The molecule has 0 fully saturated rings. The van der Waals surface area contributed by atoms with E-state index >= 15 is 0 Å². The van der Waals surface area contributed by atoms with Gasteiger partial charge in [0.1, 0.15) is 0 Å². The smallest absolute Gasteiger partial charge is 0.423 e. The number of fused-ring (bicyclic) bond motifs is 3. The molecule has 0 saturated heterocycles. The zero-order valence-corrected chi connectivity index (χ0v) is 10.4. The number of nitrogens with zero attached hydrogens (tertiary/aromatic N) is 1. The molecule has 0 radical (unpaired) electrons. The van der Waals surface area contributed by atoms with E-state index in [-0.39, 0.29) is 11.2 Å². The summed E-state index contributed by atoms with van der Waals surface area (Å²) in [6.07, 6.45) is 0. The summed E-state index contributed by atoms with van der Waals surface area (Å²) < 4.78 is 0. The van der Waals surface area contributed by atoms with Crippen LogP contribution in [0, 0.1) is 10.1 Å². The maximum atomic E-state index is 11.4. The molecule has 0 aliphatic heterocycles. The van der Waals surface area contributed by atoms with Gasteiger partial charge in [-0.3, -0.25) is 10.1 Å². The van der Waals surface area contributed by atoms with Gasteiger partial charge in [-0.2, -0.15) is 0 Å². The Morgan fingerprint density at radius 2 is 1.30 bits per heavy atom. The molecule has 0 heterocycles.